The molecule has 25 heavy (non-hydrogen) atoms. The average molecular weight is 336 g/mol. The van der Waals surface area contributed by atoms with E-state index in [1.807, 2.05) is 28.9 Å². The number of nitrogens with one attached hydrogen (secondary N) is 1. The highest BCUT2D eigenvalue weighted by Crippen LogP contribution is 2.23. The zero-order valence-electron chi connectivity index (χ0n) is 13.9. The van der Waals surface area contributed by atoms with E-state index in [9.17, 15) is 4.79 Å². The number of anilines is 2. The van der Waals surface area contributed by atoms with Gasteiger partial charge in [-0.05, 0) is 18.6 Å². The van der Waals surface area contributed by atoms with Gasteiger partial charge in [0, 0.05) is 31.4 Å². The smallest absolute Gasteiger partial charge is 0.230 e. The van der Waals surface area contributed by atoms with Crippen molar-refractivity contribution in [3.63, 3.8) is 0 Å². The molecule has 2 aliphatic heterocycles. The molecular weight excluding hydrogens is 316 g/mol. The van der Waals surface area contributed by atoms with Crippen molar-refractivity contribution in [1.82, 2.24) is 14.7 Å². The van der Waals surface area contributed by atoms with Gasteiger partial charge in [-0.3, -0.25) is 9.48 Å². The van der Waals surface area contributed by atoms with Crippen molar-refractivity contribution < 1.29 is 4.79 Å². The van der Waals surface area contributed by atoms with Gasteiger partial charge in [-0.2, -0.15) is 10.4 Å². The monoisotopic (exact) mass is 336 g/mol. The van der Waals surface area contributed by atoms with E-state index in [4.69, 9.17) is 5.26 Å². The van der Waals surface area contributed by atoms with Gasteiger partial charge in [0.2, 0.25) is 5.91 Å². The summed E-state index contributed by atoms with van der Waals surface area (Å²) in [5.74, 6) is 0.414. The van der Waals surface area contributed by atoms with Crippen LogP contribution in [0.5, 0.6) is 0 Å². The number of carbonyl (C=O) groups excluding carboxylic acids is 1. The van der Waals surface area contributed by atoms with Gasteiger partial charge in [0.1, 0.15) is 0 Å². The summed E-state index contributed by atoms with van der Waals surface area (Å²) >= 11 is 0. The lowest BCUT2D eigenvalue weighted by Gasteiger charge is -2.29. The van der Waals surface area contributed by atoms with Gasteiger partial charge in [0.15, 0.2) is 12.0 Å². The molecule has 0 bridgehead atoms. The van der Waals surface area contributed by atoms with Crippen molar-refractivity contribution in [2.75, 3.05) is 29.9 Å². The third kappa shape index (κ3) is 3.15. The van der Waals surface area contributed by atoms with Crippen LogP contribution in [0.15, 0.2) is 36.4 Å². The number of hydrogen-bond acceptors (Lipinski definition) is 5. The molecule has 0 aliphatic carbocycles. The topological polar surface area (TPSA) is 77.2 Å². The highest BCUT2D eigenvalue weighted by atomic mass is 16.2. The standard InChI is InChI=1S/C18H20N6O/c19-13-22-7-6-14(11-22)18(25)20-17-10-16-12-23(8-9-24(16)21-17)15-4-2-1-3-5-15/h1-5,10,14H,6-9,11-12H2,(H,20,21,25). The minimum absolute atomic E-state index is 0.0480. The summed E-state index contributed by atoms with van der Waals surface area (Å²) in [6, 6.07) is 12.3. The molecule has 1 unspecified atom stereocenters. The van der Waals surface area contributed by atoms with Gasteiger partial charge < -0.3 is 15.1 Å². The first-order chi connectivity index (χ1) is 12.2. The fraction of sp³-hybridized carbons (Fsp3) is 0.389. The summed E-state index contributed by atoms with van der Waals surface area (Å²) in [5, 5.41) is 16.3. The number of amides is 1. The Morgan fingerprint density at radius 3 is 2.84 bits per heavy atom. The summed E-state index contributed by atoms with van der Waals surface area (Å²) in [4.78, 5) is 16.3. The van der Waals surface area contributed by atoms with Gasteiger partial charge in [-0.25, -0.2) is 0 Å². The number of rotatable bonds is 3. The summed E-state index contributed by atoms with van der Waals surface area (Å²) in [7, 11) is 0. The molecule has 128 valence electrons. The van der Waals surface area contributed by atoms with Crippen molar-refractivity contribution in [1.29, 1.82) is 5.26 Å². The Bertz CT molecular complexity index is 809. The zero-order chi connectivity index (χ0) is 17.2. The molecule has 1 aromatic carbocycles. The maximum absolute atomic E-state index is 12.4. The molecule has 3 heterocycles. The van der Waals surface area contributed by atoms with E-state index in [1.165, 1.54) is 5.69 Å². The van der Waals surface area contributed by atoms with E-state index >= 15 is 0 Å². The number of fused-ring (bicyclic) bond motifs is 1. The van der Waals surface area contributed by atoms with E-state index in [0.29, 0.717) is 18.9 Å². The van der Waals surface area contributed by atoms with Crippen LogP contribution in [-0.2, 0) is 17.9 Å². The largest absolute Gasteiger partial charge is 0.364 e. The minimum atomic E-state index is -0.140. The summed E-state index contributed by atoms with van der Waals surface area (Å²) in [6.45, 7) is 3.62. The Morgan fingerprint density at radius 1 is 1.24 bits per heavy atom. The summed E-state index contributed by atoms with van der Waals surface area (Å²) < 4.78 is 1.96. The first-order valence-corrected chi connectivity index (χ1v) is 8.55. The molecule has 2 aromatic rings. The second-order valence-electron chi connectivity index (χ2n) is 6.52. The van der Waals surface area contributed by atoms with Gasteiger partial charge in [0.05, 0.1) is 24.7 Å². The third-order valence-corrected chi connectivity index (χ3v) is 4.87. The lowest BCUT2D eigenvalue weighted by Crippen LogP contribution is -2.33. The number of aromatic nitrogens is 2. The molecule has 4 rings (SSSR count). The second-order valence-corrected chi connectivity index (χ2v) is 6.52. The van der Waals surface area contributed by atoms with E-state index in [-0.39, 0.29) is 11.8 Å². The molecular formula is C18H20N6O. The number of para-hydroxylation sites is 1. The van der Waals surface area contributed by atoms with Crippen LogP contribution in [0.4, 0.5) is 11.5 Å². The number of carbonyl (C=O) groups is 1. The molecule has 7 heteroatoms. The number of likely N-dealkylation sites (tertiary alicyclic amines) is 1. The zero-order valence-corrected chi connectivity index (χ0v) is 13.9. The lowest BCUT2D eigenvalue weighted by molar-refractivity contribution is -0.119. The Kier molecular flexibility index (Phi) is 4.02. The van der Waals surface area contributed by atoms with Crippen molar-refractivity contribution in [3.8, 4) is 6.19 Å². The van der Waals surface area contributed by atoms with Gasteiger partial charge in [-0.15, -0.1) is 0 Å². The molecule has 1 fully saturated rings. The van der Waals surface area contributed by atoms with Crippen LogP contribution < -0.4 is 10.2 Å². The Balaban J connectivity index is 1.42. The summed E-state index contributed by atoms with van der Waals surface area (Å²) in [5.41, 5.74) is 2.29. The first kappa shape index (κ1) is 15.5. The number of hydrogen-bond donors (Lipinski definition) is 1. The summed E-state index contributed by atoms with van der Waals surface area (Å²) in [6.07, 6.45) is 2.82. The van der Waals surface area contributed by atoms with Gasteiger partial charge in [0.25, 0.3) is 0 Å². The minimum Gasteiger partial charge on any atom is -0.364 e. The highest BCUT2D eigenvalue weighted by Gasteiger charge is 2.28. The number of nitriles is 1. The van der Waals surface area contributed by atoms with Crippen LogP contribution in [0.25, 0.3) is 0 Å². The second kappa shape index (κ2) is 6.48. The van der Waals surface area contributed by atoms with Crippen LogP contribution in [0.2, 0.25) is 0 Å². The van der Waals surface area contributed by atoms with Crippen LogP contribution in [0.1, 0.15) is 12.1 Å². The molecule has 1 saturated heterocycles. The van der Waals surface area contributed by atoms with Crippen LogP contribution >= 0.6 is 0 Å². The molecule has 1 N–H and O–H groups in total. The average Bonchev–Trinajstić information content (AvgIpc) is 3.28. The Labute approximate surface area is 146 Å². The molecule has 1 atom stereocenters. The van der Waals surface area contributed by atoms with E-state index in [1.54, 1.807) is 4.90 Å². The van der Waals surface area contributed by atoms with Crippen molar-refractivity contribution in [2.45, 2.75) is 19.5 Å². The number of benzene rings is 1. The van der Waals surface area contributed by atoms with Crippen LogP contribution in [0, 0.1) is 17.4 Å². The predicted octanol–water partition coefficient (Wildman–Crippen LogP) is 1.64. The Morgan fingerprint density at radius 2 is 2.08 bits per heavy atom. The van der Waals surface area contributed by atoms with Crippen molar-refractivity contribution >= 4 is 17.4 Å². The fourth-order valence-electron chi connectivity index (χ4n) is 3.48. The quantitative estimate of drug-likeness (QED) is 0.862. The van der Waals surface area contributed by atoms with E-state index in [0.717, 1.165) is 31.7 Å². The van der Waals surface area contributed by atoms with Gasteiger partial charge in [-0.1, -0.05) is 18.2 Å². The lowest BCUT2D eigenvalue weighted by atomic mass is 10.1. The molecule has 0 radical (unpaired) electrons. The molecule has 1 aromatic heterocycles. The molecule has 2 aliphatic rings. The highest BCUT2D eigenvalue weighted by molar-refractivity contribution is 5.92. The van der Waals surface area contributed by atoms with Gasteiger partial charge >= 0.3 is 0 Å². The van der Waals surface area contributed by atoms with Crippen LogP contribution in [0.3, 0.4) is 0 Å². The van der Waals surface area contributed by atoms with Crippen LogP contribution in [-0.4, -0.2) is 40.2 Å². The molecule has 0 spiro atoms. The molecule has 0 saturated carbocycles. The normalized spacial score (nSPS) is 19.4. The maximum Gasteiger partial charge on any atom is 0.230 e. The SMILES string of the molecule is N#CN1CCC(C(=O)Nc2cc3n(n2)CCN(c2ccccc2)C3)C1. The molecule has 1 amide bonds. The van der Waals surface area contributed by atoms with E-state index in [2.05, 4.69) is 33.6 Å². The molecule has 7 nitrogen and oxygen atoms in total. The van der Waals surface area contributed by atoms with E-state index < -0.39 is 0 Å². The van der Waals surface area contributed by atoms with Crippen molar-refractivity contribution in [3.05, 3.63) is 42.1 Å². The maximum atomic E-state index is 12.4. The van der Waals surface area contributed by atoms with Crippen molar-refractivity contribution in [2.24, 2.45) is 5.92 Å². The Hall–Kier alpha value is -3.01. The fourth-order valence-corrected chi connectivity index (χ4v) is 3.48. The third-order valence-electron chi connectivity index (χ3n) is 4.87. The first-order valence-electron chi connectivity index (χ1n) is 8.55. The predicted molar refractivity (Wildman–Crippen MR) is 93.6 cm³/mol. The number of nitrogens with zero attached hydrogens (tertiary/aromatic N) is 5.